The van der Waals surface area contributed by atoms with Crippen molar-refractivity contribution in [3.05, 3.63) is 29.3 Å². The molecule has 0 aliphatic carbocycles. The molecule has 2 aliphatic rings. The van der Waals surface area contributed by atoms with Gasteiger partial charge in [0.1, 0.15) is 0 Å². The first-order chi connectivity index (χ1) is 9.63. The molecule has 2 aliphatic heterocycles. The van der Waals surface area contributed by atoms with Crippen LogP contribution in [0.3, 0.4) is 0 Å². The molecule has 0 aromatic heterocycles. The van der Waals surface area contributed by atoms with E-state index in [1.165, 1.54) is 0 Å². The van der Waals surface area contributed by atoms with E-state index in [1.807, 2.05) is 0 Å². The largest absolute Gasteiger partial charge is 0.382 e. The molecule has 6 nitrogen and oxygen atoms in total. The summed E-state index contributed by atoms with van der Waals surface area (Å²) in [5, 5.41) is 8.35. The molecule has 1 unspecified atom stereocenters. The van der Waals surface area contributed by atoms with Crippen LogP contribution in [0.1, 0.15) is 40.0 Å². The van der Waals surface area contributed by atoms with Gasteiger partial charge in [0.2, 0.25) is 5.91 Å². The first-order valence-corrected chi connectivity index (χ1v) is 6.66. The Labute approximate surface area is 115 Å². The Hall–Kier alpha value is -2.37. The van der Waals surface area contributed by atoms with Gasteiger partial charge in [0.25, 0.3) is 11.8 Å². The van der Waals surface area contributed by atoms with E-state index in [1.54, 1.807) is 18.2 Å². The maximum atomic E-state index is 11.6. The van der Waals surface area contributed by atoms with Crippen LogP contribution >= 0.6 is 0 Å². The van der Waals surface area contributed by atoms with Gasteiger partial charge in [-0.1, -0.05) is 0 Å². The summed E-state index contributed by atoms with van der Waals surface area (Å²) in [6.45, 7) is 0.706. The Morgan fingerprint density at radius 2 is 1.90 bits per heavy atom. The van der Waals surface area contributed by atoms with Gasteiger partial charge in [-0.25, -0.2) is 0 Å². The summed E-state index contributed by atoms with van der Waals surface area (Å²) in [6, 6.07) is 5.11. The van der Waals surface area contributed by atoms with Crippen LogP contribution in [0.4, 0.5) is 5.69 Å². The summed E-state index contributed by atoms with van der Waals surface area (Å²) in [7, 11) is 0. The lowest BCUT2D eigenvalue weighted by atomic mass is 10.1. The molecule has 3 rings (SSSR count). The van der Waals surface area contributed by atoms with Crippen molar-refractivity contribution in [1.82, 2.24) is 10.6 Å². The molecular formula is C14H15N3O3. The molecule has 104 valence electrons. The second-order valence-corrected chi connectivity index (χ2v) is 5.08. The zero-order valence-corrected chi connectivity index (χ0v) is 10.9. The molecular weight excluding hydrogens is 258 g/mol. The molecule has 1 aromatic carbocycles. The van der Waals surface area contributed by atoms with Crippen LogP contribution in [0.15, 0.2) is 18.2 Å². The highest BCUT2D eigenvalue weighted by atomic mass is 16.2. The molecule has 6 heteroatoms. The summed E-state index contributed by atoms with van der Waals surface area (Å²) in [5.74, 6) is -0.688. The Morgan fingerprint density at radius 1 is 1.10 bits per heavy atom. The topological polar surface area (TPSA) is 87.3 Å². The highest BCUT2D eigenvalue weighted by Gasteiger charge is 2.27. The monoisotopic (exact) mass is 273 g/mol. The van der Waals surface area contributed by atoms with E-state index in [9.17, 15) is 14.4 Å². The van der Waals surface area contributed by atoms with Crippen LogP contribution in [-0.4, -0.2) is 30.3 Å². The SMILES string of the molecule is O=C1CC(Nc2ccc3c(c2)C(=O)NC3=O)CCCN1. The fraction of sp³-hybridized carbons (Fsp3) is 0.357. The van der Waals surface area contributed by atoms with Gasteiger partial charge in [-0.15, -0.1) is 0 Å². The third-order valence-electron chi connectivity index (χ3n) is 3.59. The first-order valence-electron chi connectivity index (χ1n) is 6.66. The zero-order valence-electron chi connectivity index (χ0n) is 10.9. The summed E-state index contributed by atoms with van der Waals surface area (Å²) in [5.41, 5.74) is 1.55. The van der Waals surface area contributed by atoms with Gasteiger partial charge in [0.05, 0.1) is 11.1 Å². The number of amides is 3. The van der Waals surface area contributed by atoms with E-state index in [0.717, 1.165) is 18.5 Å². The van der Waals surface area contributed by atoms with Gasteiger partial charge in [0, 0.05) is 24.7 Å². The molecule has 0 radical (unpaired) electrons. The van der Waals surface area contributed by atoms with Crippen molar-refractivity contribution in [2.45, 2.75) is 25.3 Å². The van der Waals surface area contributed by atoms with Crippen molar-refractivity contribution >= 4 is 23.4 Å². The predicted molar refractivity (Wildman–Crippen MR) is 72.5 cm³/mol. The van der Waals surface area contributed by atoms with Gasteiger partial charge in [-0.3, -0.25) is 19.7 Å². The van der Waals surface area contributed by atoms with E-state index >= 15 is 0 Å². The minimum Gasteiger partial charge on any atom is -0.382 e. The molecule has 0 spiro atoms. The number of carbonyl (C=O) groups excluding carboxylic acids is 3. The van der Waals surface area contributed by atoms with Crippen LogP contribution in [0.5, 0.6) is 0 Å². The zero-order chi connectivity index (χ0) is 14.1. The third kappa shape index (κ3) is 2.36. The molecule has 3 amide bonds. The standard InChI is InChI=1S/C14H15N3O3/c18-12-7-8(2-1-5-15-12)16-9-3-4-10-11(6-9)14(20)17-13(10)19/h3-4,6,8,16H,1-2,5,7H2,(H,15,18)(H,17,19,20). The first kappa shape index (κ1) is 12.7. The number of imide groups is 1. The fourth-order valence-electron chi connectivity index (χ4n) is 2.59. The second-order valence-electron chi connectivity index (χ2n) is 5.08. The van der Waals surface area contributed by atoms with E-state index in [2.05, 4.69) is 16.0 Å². The molecule has 1 fully saturated rings. The lowest BCUT2D eigenvalue weighted by Crippen LogP contribution is -2.26. The Morgan fingerprint density at radius 3 is 2.75 bits per heavy atom. The van der Waals surface area contributed by atoms with Crippen LogP contribution in [0.2, 0.25) is 0 Å². The van der Waals surface area contributed by atoms with Gasteiger partial charge >= 0.3 is 0 Å². The van der Waals surface area contributed by atoms with Crippen molar-refractivity contribution in [2.24, 2.45) is 0 Å². The predicted octanol–water partition coefficient (Wildman–Crippen LogP) is 0.651. The average molecular weight is 273 g/mol. The number of carbonyl (C=O) groups is 3. The summed E-state index contributed by atoms with van der Waals surface area (Å²) in [4.78, 5) is 34.6. The van der Waals surface area contributed by atoms with E-state index in [0.29, 0.717) is 24.1 Å². The number of hydrogen-bond donors (Lipinski definition) is 3. The van der Waals surface area contributed by atoms with Crippen molar-refractivity contribution < 1.29 is 14.4 Å². The number of benzene rings is 1. The molecule has 1 atom stereocenters. The smallest absolute Gasteiger partial charge is 0.259 e. The van der Waals surface area contributed by atoms with Crippen molar-refractivity contribution in [1.29, 1.82) is 0 Å². The number of rotatable bonds is 2. The Bertz CT molecular complexity index is 597. The van der Waals surface area contributed by atoms with Gasteiger partial charge in [-0.05, 0) is 31.0 Å². The molecule has 0 saturated carbocycles. The molecule has 20 heavy (non-hydrogen) atoms. The molecule has 2 heterocycles. The lowest BCUT2D eigenvalue weighted by Gasteiger charge is -2.16. The van der Waals surface area contributed by atoms with Crippen LogP contribution in [0, 0.1) is 0 Å². The molecule has 1 aromatic rings. The summed E-state index contributed by atoms with van der Waals surface area (Å²) >= 11 is 0. The highest BCUT2D eigenvalue weighted by Crippen LogP contribution is 2.22. The maximum Gasteiger partial charge on any atom is 0.259 e. The van der Waals surface area contributed by atoms with E-state index in [-0.39, 0.29) is 23.8 Å². The van der Waals surface area contributed by atoms with Gasteiger partial charge < -0.3 is 10.6 Å². The number of nitrogens with one attached hydrogen (secondary N) is 3. The molecule has 1 saturated heterocycles. The molecule has 3 N–H and O–H groups in total. The normalized spacial score (nSPS) is 21.8. The number of anilines is 1. The van der Waals surface area contributed by atoms with Crippen LogP contribution in [-0.2, 0) is 4.79 Å². The van der Waals surface area contributed by atoms with Gasteiger partial charge in [-0.2, -0.15) is 0 Å². The van der Waals surface area contributed by atoms with Crippen LogP contribution in [0.25, 0.3) is 0 Å². The van der Waals surface area contributed by atoms with Crippen molar-refractivity contribution in [3.8, 4) is 0 Å². The fourth-order valence-corrected chi connectivity index (χ4v) is 2.59. The minimum absolute atomic E-state index is 0.0362. The third-order valence-corrected chi connectivity index (χ3v) is 3.59. The second kappa shape index (κ2) is 4.96. The number of fused-ring (bicyclic) bond motifs is 1. The quantitative estimate of drug-likeness (QED) is 0.690. The Balaban J connectivity index is 1.78. The summed E-state index contributed by atoms with van der Waals surface area (Å²) in [6.07, 6.45) is 2.23. The molecule has 0 bridgehead atoms. The summed E-state index contributed by atoms with van der Waals surface area (Å²) < 4.78 is 0. The van der Waals surface area contributed by atoms with E-state index in [4.69, 9.17) is 0 Å². The number of hydrogen-bond acceptors (Lipinski definition) is 4. The van der Waals surface area contributed by atoms with Crippen LogP contribution < -0.4 is 16.0 Å². The Kier molecular flexibility index (Phi) is 3.14. The minimum atomic E-state index is -0.368. The van der Waals surface area contributed by atoms with Crippen molar-refractivity contribution in [2.75, 3.05) is 11.9 Å². The average Bonchev–Trinajstić information content (AvgIpc) is 2.58. The lowest BCUT2D eigenvalue weighted by molar-refractivity contribution is -0.120. The maximum absolute atomic E-state index is 11.6. The van der Waals surface area contributed by atoms with E-state index < -0.39 is 0 Å². The van der Waals surface area contributed by atoms with Gasteiger partial charge in [0.15, 0.2) is 0 Å². The highest BCUT2D eigenvalue weighted by molar-refractivity contribution is 6.21. The van der Waals surface area contributed by atoms with Crippen molar-refractivity contribution in [3.63, 3.8) is 0 Å².